The van der Waals surface area contributed by atoms with Gasteiger partial charge in [0.15, 0.2) is 6.61 Å². The number of benzene rings is 2. The van der Waals surface area contributed by atoms with Crippen molar-refractivity contribution in [1.29, 1.82) is 0 Å². The largest absolute Gasteiger partial charge is 0.454 e. The van der Waals surface area contributed by atoms with Gasteiger partial charge in [-0.15, -0.1) is 10.2 Å². The van der Waals surface area contributed by atoms with Crippen LogP contribution in [-0.4, -0.2) is 91.6 Å². The molecule has 7 rings (SSSR count). The zero-order chi connectivity index (χ0) is 35.9. The highest BCUT2D eigenvalue weighted by atomic mass is 35.5. The number of anilines is 3. The molecular formula is C33H31ClF3N9O4S. The van der Waals surface area contributed by atoms with Crippen molar-refractivity contribution in [2.24, 2.45) is 11.8 Å². The Morgan fingerprint density at radius 3 is 2.22 bits per heavy atom. The molecule has 2 saturated heterocycles. The summed E-state index contributed by atoms with van der Waals surface area (Å²) in [5.74, 6) is -1.24. The molecule has 2 unspecified atom stereocenters. The number of likely N-dealkylation sites (tertiary alicyclic amines) is 2. The van der Waals surface area contributed by atoms with E-state index in [-0.39, 0.29) is 40.1 Å². The van der Waals surface area contributed by atoms with Crippen LogP contribution in [0.1, 0.15) is 39.6 Å². The van der Waals surface area contributed by atoms with Crippen LogP contribution in [0.3, 0.4) is 0 Å². The van der Waals surface area contributed by atoms with E-state index in [2.05, 4.69) is 35.8 Å². The Kier molecular flexibility index (Phi) is 9.26. The normalized spacial score (nSPS) is 19.1. The fraction of sp³-hybridized carbons (Fsp3) is 0.394. The number of hydrogen-bond acceptors (Lipinski definition) is 11. The molecule has 0 spiro atoms. The third-order valence-corrected chi connectivity index (χ3v) is 10.2. The van der Waals surface area contributed by atoms with E-state index in [0.29, 0.717) is 53.9 Å². The minimum Gasteiger partial charge on any atom is -0.454 e. The van der Waals surface area contributed by atoms with Crippen LogP contribution < -0.4 is 15.4 Å². The molecule has 2 aromatic carbocycles. The SMILES string of the molecule is Cc1nnc(NC(=O)C(=O)N2CC3CN(C(=O)c4ccc(Nc5nc(CC6(c7ccc(Cl)cc7)CC6)nc(OCC(F)(F)F)n5)cc4)CC3C2)s1. The maximum atomic E-state index is 13.4. The number of carbonyl (C=O) groups is 3. The van der Waals surface area contributed by atoms with Gasteiger partial charge in [-0.3, -0.25) is 19.7 Å². The Morgan fingerprint density at radius 2 is 1.61 bits per heavy atom. The van der Waals surface area contributed by atoms with E-state index >= 15 is 0 Å². The second kappa shape index (κ2) is 13.7. The van der Waals surface area contributed by atoms with E-state index < -0.39 is 30.6 Å². The number of rotatable bonds is 9. The molecule has 0 radical (unpaired) electrons. The van der Waals surface area contributed by atoms with Gasteiger partial charge in [-0.1, -0.05) is 35.1 Å². The second-order valence-electron chi connectivity index (χ2n) is 12.9. The molecule has 13 nitrogen and oxygen atoms in total. The molecule has 1 aliphatic carbocycles. The number of ether oxygens (including phenoxy) is 1. The van der Waals surface area contributed by atoms with Crippen LogP contribution in [0.4, 0.5) is 29.9 Å². The minimum absolute atomic E-state index is 0.00161. The minimum atomic E-state index is -4.58. The van der Waals surface area contributed by atoms with E-state index in [1.807, 2.05) is 12.1 Å². The number of hydrogen-bond donors (Lipinski definition) is 2. The van der Waals surface area contributed by atoms with E-state index in [1.54, 1.807) is 48.2 Å². The van der Waals surface area contributed by atoms with Crippen molar-refractivity contribution in [2.45, 2.75) is 37.8 Å². The number of aryl methyl sites for hydroxylation is 1. The molecule has 2 N–H and O–H groups in total. The van der Waals surface area contributed by atoms with E-state index in [9.17, 15) is 27.6 Å². The number of amides is 3. The molecule has 4 heterocycles. The lowest BCUT2D eigenvalue weighted by Crippen LogP contribution is -2.40. The van der Waals surface area contributed by atoms with Gasteiger partial charge in [-0.05, 0) is 61.7 Å². The number of aromatic nitrogens is 5. The highest BCUT2D eigenvalue weighted by molar-refractivity contribution is 7.15. The lowest BCUT2D eigenvalue weighted by Gasteiger charge is -2.21. The first-order valence-corrected chi connectivity index (χ1v) is 17.3. The van der Waals surface area contributed by atoms with Crippen molar-refractivity contribution in [3.63, 3.8) is 0 Å². The molecule has 4 aromatic rings. The lowest BCUT2D eigenvalue weighted by molar-refractivity contribution is -0.154. The predicted molar refractivity (Wildman–Crippen MR) is 180 cm³/mol. The highest BCUT2D eigenvalue weighted by Gasteiger charge is 2.46. The molecule has 2 atom stereocenters. The smallest absolute Gasteiger partial charge is 0.422 e. The van der Waals surface area contributed by atoms with Crippen LogP contribution in [0.15, 0.2) is 48.5 Å². The van der Waals surface area contributed by atoms with Crippen LogP contribution >= 0.6 is 22.9 Å². The van der Waals surface area contributed by atoms with Gasteiger partial charge in [0.2, 0.25) is 11.1 Å². The van der Waals surface area contributed by atoms with E-state index in [4.69, 9.17) is 16.3 Å². The number of halogens is 4. The van der Waals surface area contributed by atoms with Crippen molar-refractivity contribution in [1.82, 2.24) is 34.9 Å². The summed E-state index contributed by atoms with van der Waals surface area (Å²) in [6.45, 7) is 1.80. The molecule has 266 valence electrons. The highest BCUT2D eigenvalue weighted by Crippen LogP contribution is 2.50. The Morgan fingerprint density at radius 1 is 0.941 bits per heavy atom. The summed E-state index contributed by atoms with van der Waals surface area (Å²) in [6.07, 6.45) is -2.50. The molecular weight excluding hydrogens is 711 g/mol. The summed E-state index contributed by atoms with van der Waals surface area (Å²) < 4.78 is 43.8. The fourth-order valence-corrected chi connectivity index (χ4v) is 7.26. The lowest BCUT2D eigenvalue weighted by atomic mass is 9.92. The van der Waals surface area contributed by atoms with Gasteiger partial charge in [0.1, 0.15) is 10.8 Å². The maximum Gasteiger partial charge on any atom is 0.422 e. The number of nitrogens with zero attached hydrogens (tertiary/aromatic N) is 7. The number of alkyl halides is 3. The summed E-state index contributed by atoms with van der Waals surface area (Å²) in [7, 11) is 0. The number of carbonyl (C=O) groups excluding carboxylic acids is 3. The van der Waals surface area contributed by atoms with Gasteiger partial charge in [-0.25, -0.2) is 0 Å². The van der Waals surface area contributed by atoms with Crippen LogP contribution in [-0.2, 0) is 21.4 Å². The first-order chi connectivity index (χ1) is 24.3. The summed E-state index contributed by atoms with van der Waals surface area (Å²) in [5.41, 5.74) is 1.71. The maximum absolute atomic E-state index is 13.4. The Labute approximate surface area is 298 Å². The molecule has 18 heteroatoms. The molecule has 3 fully saturated rings. The number of nitrogens with one attached hydrogen (secondary N) is 2. The Hall–Kier alpha value is -4.90. The molecule has 2 aliphatic heterocycles. The molecule has 51 heavy (non-hydrogen) atoms. The van der Waals surface area contributed by atoms with Gasteiger partial charge >= 0.3 is 24.0 Å². The predicted octanol–water partition coefficient (Wildman–Crippen LogP) is 4.81. The molecule has 3 amide bonds. The van der Waals surface area contributed by atoms with Crippen LogP contribution in [0, 0.1) is 18.8 Å². The topological polar surface area (TPSA) is 155 Å². The number of fused-ring (bicyclic) bond motifs is 1. The van der Waals surface area contributed by atoms with Crippen LogP contribution in [0.5, 0.6) is 6.01 Å². The Bertz CT molecular complexity index is 1940. The molecule has 2 aromatic heterocycles. The van der Waals surface area contributed by atoms with E-state index in [0.717, 1.165) is 18.4 Å². The third-order valence-electron chi connectivity index (χ3n) is 9.22. The molecule has 3 aliphatic rings. The zero-order valence-corrected chi connectivity index (χ0v) is 28.7. The average Bonchev–Trinajstić information content (AvgIpc) is 3.35. The summed E-state index contributed by atoms with van der Waals surface area (Å²) in [6, 6.07) is 13.6. The van der Waals surface area contributed by atoms with Crippen molar-refractivity contribution in [2.75, 3.05) is 43.4 Å². The standard InChI is InChI=1S/C33H31ClF3N9O4S/c1-18-43-44-31(51-18)41-26(47)28(49)46-15-20-13-45(14-21(20)16-46)27(48)19-2-8-24(9-3-19)38-29-39-25(40-30(42-29)50-17-33(35,36)37)12-32(10-11-32)22-4-6-23(34)7-5-22/h2-9,20-21H,10-17H2,1H3,(H,41,44,47)(H,38,39,40,42). The average molecular weight is 742 g/mol. The summed E-state index contributed by atoms with van der Waals surface area (Å²) in [5, 5.41) is 14.7. The van der Waals surface area contributed by atoms with Crippen molar-refractivity contribution >= 4 is 57.4 Å². The zero-order valence-electron chi connectivity index (χ0n) is 27.1. The van der Waals surface area contributed by atoms with Crippen molar-refractivity contribution in [3.05, 3.63) is 75.5 Å². The van der Waals surface area contributed by atoms with Gasteiger partial charge in [0.25, 0.3) is 5.91 Å². The van der Waals surface area contributed by atoms with Crippen molar-refractivity contribution < 1.29 is 32.3 Å². The molecule has 1 saturated carbocycles. The van der Waals surface area contributed by atoms with E-state index in [1.165, 1.54) is 16.2 Å². The Balaban J connectivity index is 0.977. The molecule has 0 bridgehead atoms. The van der Waals surface area contributed by atoms with Gasteiger partial charge in [0, 0.05) is 66.1 Å². The fourth-order valence-electron chi connectivity index (χ4n) is 6.54. The van der Waals surface area contributed by atoms with Crippen LogP contribution in [0.2, 0.25) is 5.02 Å². The summed E-state index contributed by atoms with van der Waals surface area (Å²) >= 11 is 7.24. The first-order valence-electron chi connectivity index (χ1n) is 16.1. The van der Waals surface area contributed by atoms with Gasteiger partial charge in [-0.2, -0.15) is 28.1 Å². The summed E-state index contributed by atoms with van der Waals surface area (Å²) in [4.78, 5) is 54.6. The third kappa shape index (κ3) is 8.04. The van der Waals surface area contributed by atoms with Gasteiger partial charge in [0.05, 0.1) is 0 Å². The second-order valence-corrected chi connectivity index (χ2v) is 14.6. The first kappa shape index (κ1) is 34.5. The monoisotopic (exact) mass is 741 g/mol. The van der Waals surface area contributed by atoms with Crippen molar-refractivity contribution in [3.8, 4) is 6.01 Å². The van der Waals surface area contributed by atoms with Gasteiger partial charge < -0.3 is 19.9 Å². The van der Waals surface area contributed by atoms with Crippen LogP contribution in [0.25, 0.3) is 0 Å². The quantitative estimate of drug-likeness (QED) is 0.228.